The van der Waals surface area contributed by atoms with Crippen LogP contribution in [-0.4, -0.2) is 6.71 Å². The zero-order chi connectivity index (χ0) is 53.1. The van der Waals surface area contributed by atoms with Crippen LogP contribution in [0.2, 0.25) is 6.82 Å². The molecule has 2 heteroatoms. The van der Waals surface area contributed by atoms with E-state index in [-0.39, 0.29) is 28.4 Å². The molecule has 1 heterocycles. The highest BCUT2D eigenvalue weighted by atomic mass is 15.2. The van der Waals surface area contributed by atoms with Crippen molar-refractivity contribution < 1.29 is 0 Å². The molecular weight excluding hydrogens is 902 g/mol. The number of anilines is 3. The summed E-state index contributed by atoms with van der Waals surface area (Å²) in [5.41, 5.74) is 24.3. The SMILES string of the molecule is CB1c2cc3c(-c4ccccc4)c4ccccc4c(-c4ccccc4)c3cc2N(c2cc(C(C)(C)C)cc(C(C)(C)C)c2)c2cc3ccccc3c(-c3cc(C(C)(C)C)cc(-c4cc(C(C)(C)C)ccc4C)c3C)c21. The van der Waals surface area contributed by atoms with Gasteiger partial charge in [-0.3, -0.25) is 0 Å². The Balaban J connectivity index is 1.33. The molecule has 0 amide bonds. The van der Waals surface area contributed by atoms with Gasteiger partial charge in [0.25, 0.3) is 0 Å². The highest BCUT2D eigenvalue weighted by molar-refractivity contribution is 6.89. The maximum absolute atomic E-state index is 2.68. The van der Waals surface area contributed by atoms with Gasteiger partial charge in [0.05, 0.1) is 0 Å². The van der Waals surface area contributed by atoms with E-state index in [1.807, 2.05) is 0 Å². The van der Waals surface area contributed by atoms with Gasteiger partial charge >= 0.3 is 0 Å². The molecule has 374 valence electrons. The molecule has 0 fully saturated rings. The zero-order valence-electron chi connectivity index (χ0n) is 47.3. The Labute approximate surface area is 448 Å². The average Bonchev–Trinajstić information content (AvgIpc) is 3.37. The van der Waals surface area contributed by atoms with E-state index in [1.54, 1.807) is 0 Å². The molecule has 1 nitrogen and oxygen atoms in total. The van der Waals surface area contributed by atoms with Crippen molar-refractivity contribution >= 4 is 67.0 Å². The number of aryl methyl sites for hydroxylation is 1. The quantitative estimate of drug-likeness (QED) is 0.123. The van der Waals surface area contributed by atoms with Gasteiger partial charge in [0, 0.05) is 17.1 Å². The Morgan fingerprint density at radius 1 is 0.360 bits per heavy atom. The Morgan fingerprint density at radius 2 is 0.827 bits per heavy atom. The molecule has 0 atom stereocenters. The van der Waals surface area contributed by atoms with Crippen molar-refractivity contribution in [1.29, 1.82) is 0 Å². The fourth-order valence-electron chi connectivity index (χ4n) is 12.1. The molecule has 1 aliphatic rings. The highest BCUT2D eigenvalue weighted by Crippen LogP contribution is 2.50. The van der Waals surface area contributed by atoms with Crippen LogP contribution in [0.15, 0.2) is 176 Å². The number of hydrogen-bond donors (Lipinski definition) is 0. The van der Waals surface area contributed by atoms with E-state index < -0.39 is 0 Å². The first-order chi connectivity index (χ1) is 35.5. The summed E-state index contributed by atoms with van der Waals surface area (Å²) in [5, 5.41) is 7.59. The molecule has 75 heavy (non-hydrogen) atoms. The van der Waals surface area contributed by atoms with Crippen LogP contribution in [0.5, 0.6) is 0 Å². The molecule has 11 rings (SSSR count). The first-order valence-corrected chi connectivity index (χ1v) is 27.4. The van der Waals surface area contributed by atoms with Crippen molar-refractivity contribution in [1.82, 2.24) is 0 Å². The third-order valence-corrected chi connectivity index (χ3v) is 16.6. The third-order valence-electron chi connectivity index (χ3n) is 16.6. The van der Waals surface area contributed by atoms with Crippen LogP contribution in [0.4, 0.5) is 17.1 Å². The summed E-state index contributed by atoms with van der Waals surface area (Å²) in [6.07, 6.45) is 0. The molecular formula is C73H74BN. The van der Waals surface area contributed by atoms with Gasteiger partial charge in [0.15, 0.2) is 0 Å². The molecule has 0 saturated carbocycles. The number of hydrogen-bond acceptors (Lipinski definition) is 1. The molecule has 0 saturated heterocycles. The molecule has 0 aromatic heterocycles. The van der Waals surface area contributed by atoms with E-state index in [2.05, 4.69) is 285 Å². The van der Waals surface area contributed by atoms with E-state index in [0.29, 0.717) is 0 Å². The van der Waals surface area contributed by atoms with Crippen molar-refractivity contribution in [2.45, 2.75) is 125 Å². The van der Waals surface area contributed by atoms with Crippen molar-refractivity contribution in [2.75, 3.05) is 4.90 Å². The topological polar surface area (TPSA) is 3.24 Å². The molecule has 0 bridgehead atoms. The molecule has 0 unspecified atom stereocenters. The summed E-state index contributed by atoms with van der Waals surface area (Å²) in [5.74, 6) is 0. The third kappa shape index (κ3) is 8.69. The lowest BCUT2D eigenvalue weighted by atomic mass is 9.39. The lowest BCUT2D eigenvalue weighted by molar-refractivity contribution is 0.569. The maximum atomic E-state index is 2.68. The minimum Gasteiger partial charge on any atom is -0.311 e. The Kier molecular flexibility index (Phi) is 12.0. The summed E-state index contributed by atoms with van der Waals surface area (Å²) in [6, 6.07) is 67.9. The molecule has 10 aromatic carbocycles. The van der Waals surface area contributed by atoms with Gasteiger partial charge in [-0.15, -0.1) is 0 Å². The second kappa shape index (κ2) is 18.0. The minimum atomic E-state index is -0.107. The smallest absolute Gasteiger partial charge is 0.212 e. The van der Waals surface area contributed by atoms with Crippen LogP contribution in [-0.2, 0) is 21.7 Å². The Morgan fingerprint density at radius 3 is 1.37 bits per heavy atom. The molecule has 0 spiro atoms. The largest absolute Gasteiger partial charge is 0.311 e. The first kappa shape index (κ1) is 50.0. The van der Waals surface area contributed by atoms with Gasteiger partial charge in [-0.1, -0.05) is 247 Å². The zero-order valence-corrected chi connectivity index (χ0v) is 47.3. The van der Waals surface area contributed by atoms with Crippen molar-refractivity contribution in [3.05, 3.63) is 209 Å². The van der Waals surface area contributed by atoms with Gasteiger partial charge < -0.3 is 4.90 Å². The number of nitrogens with zero attached hydrogens (tertiary/aromatic N) is 1. The van der Waals surface area contributed by atoms with Crippen molar-refractivity contribution in [2.24, 2.45) is 0 Å². The fraction of sp³-hybridized carbons (Fsp3) is 0.260. The number of fused-ring (bicyclic) bond motifs is 5. The summed E-state index contributed by atoms with van der Waals surface area (Å²) < 4.78 is 0. The number of rotatable bonds is 5. The molecule has 10 aromatic rings. The van der Waals surface area contributed by atoms with Gasteiger partial charge in [-0.25, -0.2) is 0 Å². The van der Waals surface area contributed by atoms with Crippen LogP contribution in [0.25, 0.3) is 76.8 Å². The van der Waals surface area contributed by atoms with E-state index in [1.165, 1.54) is 138 Å². The standard InChI is InChI=1S/C73H74BN/c1-45-34-35-50(70(3,4)5)40-58(45)59-41-53(73(12,13)14)42-60(46(59)2)68-55-31-23-22-30-49(55)36-65-69(68)74(15)63-43-61-62(44-64(63)75(65)54-38-51(71(6,7)8)37-52(39-54)72(9,10)11)67(48-28-20-17-21-29-48)57-33-25-24-32-56(57)66(61)47-26-18-16-19-27-47/h16-44H,1-15H3. The predicted molar refractivity (Wildman–Crippen MR) is 331 cm³/mol. The number of benzene rings is 10. The summed E-state index contributed by atoms with van der Waals surface area (Å²) >= 11 is 0. The minimum absolute atomic E-state index is 0.0116. The molecule has 0 aliphatic carbocycles. The lowest BCUT2D eigenvalue weighted by Gasteiger charge is -2.40. The normalized spacial score (nSPS) is 13.2. The monoisotopic (exact) mass is 976 g/mol. The second-order valence-electron chi connectivity index (χ2n) is 25.9. The van der Waals surface area contributed by atoms with Crippen molar-refractivity contribution in [3.63, 3.8) is 0 Å². The summed E-state index contributed by atoms with van der Waals surface area (Å²) in [4.78, 5) is 2.68. The highest BCUT2D eigenvalue weighted by Gasteiger charge is 2.38. The molecule has 0 N–H and O–H groups in total. The summed E-state index contributed by atoms with van der Waals surface area (Å²) in [6.45, 7) is 35.5. The van der Waals surface area contributed by atoms with Crippen LogP contribution in [0.1, 0.15) is 116 Å². The average molecular weight is 976 g/mol. The van der Waals surface area contributed by atoms with Crippen LogP contribution >= 0.6 is 0 Å². The second-order valence-corrected chi connectivity index (χ2v) is 25.9. The van der Waals surface area contributed by atoms with Gasteiger partial charge in [0.1, 0.15) is 0 Å². The first-order valence-electron chi connectivity index (χ1n) is 27.4. The molecule has 1 aliphatic heterocycles. The fourth-order valence-corrected chi connectivity index (χ4v) is 12.1. The Hall–Kier alpha value is -7.16. The van der Waals surface area contributed by atoms with E-state index in [9.17, 15) is 0 Å². The van der Waals surface area contributed by atoms with Crippen LogP contribution in [0, 0.1) is 13.8 Å². The Bertz CT molecular complexity index is 3850. The van der Waals surface area contributed by atoms with Gasteiger partial charge in [-0.2, -0.15) is 0 Å². The van der Waals surface area contributed by atoms with Crippen LogP contribution in [0.3, 0.4) is 0 Å². The van der Waals surface area contributed by atoms with E-state index in [0.717, 1.165) is 0 Å². The summed E-state index contributed by atoms with van der Waals surface area (Å²) in [7, 11) is 0. The maximum Gasteiger partial charge on any atom is 0.212 e. The molecule has 0 radical (unpaired) electrons. The van der Waals surface area contributed by atoms with Crippen LogP contribution < -0.4 is 15.8 Å². The lowest BCUT2D eigenvalue weighted by Crippen LogP contribution is -2.49. The predicted octanol–water partition coefficient (Wildman–Crippen LogP) is 19.6. The van der Waals surface area contributed by atoms with Gasteiger partial charge in [-0.05, 0) is 175 Å². The van der Waals surface area contributed by atoms with E-state index >= 15 is 0 Å². The van der Waals surface area contributed by atoms with Gasteiger partial charge in [0.2, 0.25) is 6.71 Å². The van der Waals surface area contributed by atoms with Crippen molar-refractivity contribution in [3.8, 4) is 44.5 Å². The van der Waals surface area contributed by atoms with E-state index in [4.69, 9.17) is 0 Å².